The van der Waals surface area contributed by atoms with Gasteiger partial charge in [-0.1, -0.05) is 69.3 Å². The molecule has 8 N–H and O–H groups in total. The van der Waals surface area contributed by atoms with Gasteiger partial charge in [0.1, 0.15) is 36.8 Å². The number of para-hydroxylation sites is 1. The molecule has 5 heterocycles. The fourth-order valence-corrected chi connectivity index (χ4v) is 10.2. The fraction of sp³-hybridized carbons (Fsp3) is 0.509. The van der Waals surface area contributed by atoms with Crippen molar-refractivity contribution in [2.45, 2.75) is 153 Å². The minimum Gasteiger partial charge on any atom is -0.481 e. The van der Waals surface area contributed by atoms with Crippen LogP contribution in [0, 0.1) is 5.82 Å². The molecule has 4 fully saturated rings. The second-order valence-electron chi connectivity index (χ2n) is 20.0. The van der Waals surface area contributed by atoms with Crippen molar-refractivity contribution < 1.29 is 75.2 Å². The number of carboxylic acids is 1. The summed E-state index contributed by atoms with van der Waals surface area (Å²) in [7, 11) is -4.14. The van der Waals surface area contributed by atoms with Gasteiger partial charge in [-0.25, -0.2) is 9.53 Å². The minimum atomic E-state index is -4.14. The Balaban J connectivity index is 0.000000221. The number of likely N-dealkylation sites (tertiary alicyclic amines) is 1. The highest BCUT2D eigenvalue weighted by Crippen LogP contribution is 2.48. The van der Waals surface area contributed by atoms with E-state index in [0.717, 1.165) is 17.7 Å². The van der Waals surface area contributed by atoms with Crippen molar-refractivity contribution in [2.75, 3.05) is 25.1 Å². The molecule has 20 nitrogen and oxygen atoms in total. The number of carbonyl (C=O) groups is 4. The van der Waals surface area contributed by atoms with Crippen molar-refractivity contribution in [3.63, 3.8) is 0 Å². The van der Waals surface area contributed by atoms with Gasteiger partial charge in [-0.2, -0.15) is 8.42 Å². The molecule has 3 aromatic carbocycles. The Hall–Kier alpha value is -5.66. The summed E-state index contributed by atoms with van der Waals surface area (Å²) in [6, 6.07) is 24.4. The number of amides is 3. The zero-order valence-electron chi connectivity index (χ0n) is 43.3. The van der Waals surface area contributed by atoms with E-state index in [9.17, 15) is 42.2 Å². The highest BCUT2D eigenvalue weighted by Gasteiger charge is 2.66. The van der Waals surface area contributed by atoms with E-state index in [1.165, 1.54) is 12.1 Å². The first-order chi connectivity index (χ1) is 35.2. The number of carboxylic acid groups (broad SMARTS) is 1. The number of halogens is 1. The lowest BCUT2D eigenvalue weighted by Crippen LogP contribution is -2.60. The summed E-state index contributed by atoms with van der Waals surface area (Å²) in [6.45, 7) is 13.5. The van der Waals surface area contributed by atoms with Crippen LogP contribution >= 0.6 is 0 Å². The van der Waals surface area contributed by atoms with Gasteiger partial charge >= 0.3 is 16.3 Å². The van der Waals surface area contributed by atoms with E-state index >= 15 is 0 Å². The molecule has 3 amide bonds. The van der Waals surface area contributed by atoms with Crippen LogP contribution in [-0.2, 0) is 59.1 Å². The molecule has 0 radical (unpaired) electrons. The molecule has 75 heavy (non-hydrogen) atoms. The average molecular weight is 1070 g/mol. The zero-order chi connectivity index (χ0) is 55.0. The van der Waals surface area contributed by atoms with Gasteiger partial charge in [0.25, 0.3) is 5.91 Å². The number of fused-ring (bicyclic) bond motifs is 3. The van der Waals surface area contributed by atoms with Gasteiger partial charge in [0.05, 0.1) is 36.5 Å². The number of primary amides is 1. The average Bonchev–Trinajstić information content (AvgIpc) is 4.07. The molecular formula is C53H70FN5O15S. The van der Waals surface area contributed by atoms with E-state index in [-0.39, 0.29) is 61.7 Å². The van der Waals surface area contributed by atoms with Crippen molar-refractivity contribution in [2.24, 2.45) is 10.9 Å². The van der Waals surface area contributed by atoms with E-state index in [1.807, 2.05) is 86.0 Å². The van der Waals surface area contributed by atoms with Crippen molar-refractivity contribution in [3.05, 3.63) is 102 Å². The monoisotopic (exact) mass is 1070 g/mol. The molecule has 0 spiro atoms. The molecule has 0 saturated carbocycles. The molecule has 4 saturated heterocycles. The number of benzene rings is 3. The van der Waals surface area contributed by atoms with Crippen LogP contribution in [0.1, 0.15) is 109 Å². The Kier molecular flexibility index (Phi) is 19.2. The van der Waals surface area contributed by atoms with E-state index in [0.29, 0.717) is 47.5 Å². The number of aliphatic hydroxyl groups is 2. The molecule has 4 aliphatic heterocycles. The molecular weight excluding hydrogens is 998 g/mol. The smallest absolute Gasteiger partial charge is 0.333 e. The van der Waals surface area contributed by atoms with Crippen LogP contribution < -0.4 is 16.2 Å². The van der Waals surface area contributed by atoms with Crippen LogP contribution in [0.5, 0.6) is 0 Å². The fourth-order valence-electron chi connectivity index (χ4n) is 9.89. The maximum absolute atomic E-state index is 14.0. The number of anilines is 1. The maximum Gasteiger partial charge on any atom is 0.333 e. The maximum atomic E-state index is 14.0. The number of hydrogen-bond acceptors (Lipinski definition) is 14. The van der Waals surface area contributed by atoms with Crippen LogP contribution in [-0.4, -0.2) is 131 Å². The predicted molar refractivity (Wildman–Crippen MR) is 273 cm³/mol. The largest absolute Gasteiger partial charge is 0.481 e. The lowest BCUT2D eigenvalue weighted by molar-refractivity contribution is -0.290. The van der Waals surface area contributed by atoms with Gasteiger partial charge in [-0.15, -0.1) is 0 Å². The summed E-state index contributed by atoms with van der Waals surface area (Å²) in [5, 5.41) is 37.7. The SMILES string of the molecule is CC(C)c1c(C(=O)Nc2ccccc2)c(-c2ccccc2)c(-c2ccc(F)cc2)n1CC[C@@H](O)C[C@@H](O)CC(=O)O.CC1(C)O[C@@H]2[C@@H](CO[C@@]3(COS(N)(=O)=O)OC(C)(C)O[C@@H]23)O1.CC[C@@H](C(N)=O)N1CCCC1=O. The number of rotatable bonds is 18. The number of hydrogen-bond donors (Lipinski definition) is 6. The summed E-state index contributed by atoms with van der Waals surface area (Å²) in [4.78, 5) is 48.7. The minimum absolute atomic E-state index is 0.0562. The lowest BCUT2D eigenvalue weighted by Gasteiger charge is -2.40. The Labute approximate surface area is 436 Å². The molecule has 0 bridgehead atoms. The Bertz CT molecular complexity index is 2720. The molecule has 1 aromatic heterocycles. The van der Waals surface area contributed by atoms with Crippen LogP contribution in [0.2, 0.25) is 0 Å². The topological polar surface area (TPSA) is 291 Å². The number of nitrogens with two attached hydrogens (primary N) is 2. The molecule has 4 aromatic rings. The number of ether oxygens (including phenoxy) is 5. The molecule has 4 aliphatic rings. The van der Waals surface area contributed by atoms with E-state index < -0.39 is 77.0 Å². The van der Waals surface area contributed by atoms with Gasteiger partial charge in [0, 0.05) is 36.5 Å². The molecule has 410 valence electrons. The molecule has 8 rings (SSSR count). The Morgan fingerprint density at radius 3 is 2.11 bits per heavy atom. The molecule has 22 heteroatoms. The number of aliphatic hydroxyl groups excluding tert-OH is 2. The van der Waals surface area contributed by atoms with Gasteiger partial charge < -0.3 is 59.5 Å². The summed E-state index contributed by atoms with van der Waals surface area (Å²) in [5.74, 6) is -5.46. The first kappa shape index (κ1) is 58.6. The predicted octanol–water partition coefficient (Wildman–Crippen LogP) is 5.79. The highest BCUT2D eigenvalue weighted by atomic mass is 32.2. The number of aliphatic carboxylic acids is 1. The zero-order valence-corrected chi connectivity index (χ0v) is 44.1. The Morgan fingerprint density at radius 1 is 0.907 bits per heavy atom. The van der Waals surface area contributed by atoms with E-state index in [1.54, 1.807) is 44.7 Å². The standard InChI is InChI=1S/C33H35FN2O5.C12H21NO8S.C8H14N2O2/c1-21(2)31-30(33(41)35-25-11-7-4-8-12-25)29(22-9-5-3-6-10-22)32(23-13-15-24(34)16-14-23)36(31)18-17-26(37)19-27(38)20-28(39)40;1-10(2)18-7-5-16-12(6-17-22(13,14)15)9(8(7)19-10)20-11(3,4)21-12;1-2-6(8(9)12)10-5-3-4-7(10)11/h3-16,21,26-27,37-38H,17-20H2,1-2H3,(H,35,41)(H,39,40);7-9H,5-6H2,1-4H3,(H2,13,14,15);6H,2-5H2,1H3,(H2,9,12)/t26-,27-;7-,8-,9+,12+;6-/m110/s1. The van der Waals surface area contributed by atoms with Gasteiger partial charge in [0.2, 0.25) is 17.6 Å². The number of carbonyl (C=O) groups excluding carboxylic acids is 3. The second kappa shape index (κ2) is 24.6. The van der Waals surface area contributed by atoms with Crippen LogP contribution in [0.15, 0.2) is 84.9 Å². The van der Waals surface area contributed by atoms with Crippen molar-refractivity contribution in [1.82, 2.24) is 9.47 Å². The van der Waals surface area contributed by atoms with E-state index in [2.05, 4.69) is 5.32 Å². The normalized spacial score (nSPS) is 22.7. The quantitative estimate of drug-likeness (QED) is 0.0687. The van der Waals surface area contributed by atoms with E-state index in [4.69, 9.17) is 43.8 Å². The van der Waals surface area contributed by atoms with Crippen molar-refractivity contribution in [1.29, 1.82) is 0 Å². The van der Waals surface area contributed by atoms with Crippen LogP contribution in [0.4, 0.5) is 10.1 Å². The molecule has 7 atom stereocenters. The van der Waals surface area contributed by atoms with Crippen molar-refractivity contribution in [3.8, 4) is 22.4 Å². The first-order valence-electron chi connectivity index (χ1n) is 24.9. The van der Waals surface area contributed by atoms with Gasteiger partial charge in [-0.05, 0) is 107 Å². The summed E-state index contributed by atoms with van der Waals surface area (Å²) < 4.78 is 71.9. The van der Waals surface area contributed by atoms with Gasteiger partial charge in [0.15, 0.2) is 11.6 Å². The number of nitrogens with zero attached hydrogens (tertiary/aromatic N) is 2. The van der Waals surface area contributed by atoms with Gasteiger partial charge in [-0.3, -0.25) is 23.4 Å². The van der Waals surface area contributed by atoms with Crippen molar-refractivity contribution >= 4 is 39.7 Å². The lowest BCUT2D eigenvalue weighted by atomic mass is 9.94. The third-order valence-corrected chi connectivity index (χ3v) is 13.3. The first-order valence-corrected chi connectivity index (χ1v) is 26.4. The third kappa shape index (κ3) is 15.1. The summed E-state index contributed by atoms with van der Waals surface area (Å²) in [5.41, 5.74) is 9.93. The number of aromatic nitrogens is 1. The third-order valence-electron chi connectivity index (χ3n) is 12.8. The summed E-state index contributed by atoms with van der Waals surface area (Å²) in [6.07, 6.45) is -1.99. The summed E-state index contributed by atoms with van der Waals surface area (Å²) >= 11 is 0. The molecule has 0 unspecified atom stereocenters. The van der Waals surface area contributed by atoms with Crippen LogP contribution in [0.3, 0.4) is 0 Å². The Morgan fingerprint density at radius 2 is 1.55 bits per heavy atom. The highest BCUT2D eigenvalue weighted by molar-refractivity contribution is 7.84. The molecule has 0 aliphatic carbocycles. The van der Waals surface area contributed by atoms with Crippen LogP contribution in [0.25, 0.3) is 22.4 Å². The number of nitrogens with one attached hydrogen (secondary N) is 1. The second-order valence-corrected chi connectivity index (χ2v) is 21.2.